The monoisotopic (exact) mass is 271 g/mol. The van der Waals surface area contributed by atoms with E-state index >= 15 is 0 Å². The highest BCUT2D eigenvalue weighted by Crippen LogP contribution is 2.34. The maximum Gasteiger partial charge on any atom is 0.0771 e. The summed E-state index contributed by atoms with van der Waals surface area (Å²) in [5.74, 6) is 2.16. The molecule has 2 atom stereocenters. The Morgan fingerprint density at radius 1 is 1.28 bits per heavy atom. The van der Waals surface area contributed by atoms with Crippen molar-refractivity contribution in [2.24, 2.45) is 5.92 Å². The minimum absolute atomic E-state index is 0.423. The van der Waals surface area contributed by atoms with Gasteiger partial charge in [-0.3, -0.25) is 0 Å². The van der Waals surface area contributed by atoms with Gasteiger partial charge in [-0.2, -0.15) is 11.8 Å². The Bertz CT molecular complexity index is 251. The van der Waals surface area contributed by atoms with Gasteiger partial charge >= 0.3 is 0 Å². The summed E-state index contributed by atoms with van der Waals surface area (Å²) in [6.07, 6.45) is 8.29. The molecule has 106 valence electrons. The molecular weight excluding hydrogens is 242 g/mol. The lowest BCUT2D eigenvalue weighted by Crippen LogP contribution is -2.49. The summed E-state index contributed by atoms with van der Waals surface area (Å²) >= 11 is 2.07. The zero-order valence-electron chi connectivity index (χ0n) is 12.0. The van der Waals surface area contributed by atoms with Crippen molar-refractivity contribution in [3.63, 3.8) is 0 Å². The van der Waals surface area contributed by atoms with Crippen molar-refractivity contribution in [3.05, 3.63) is 0 Å². The second-order valence-electron chi connectivity index (χ2n) is 6.28. The lowest BCUT2D eigenvalue weighted by molar-refractivity contribution is -0.0108. The van der Waals surface area contributed by atoms with Gasteiger partial charge in [-0.1, -0.05) is 20.3 Å². The molecule has 0 radical (unpaired) electrons. The predicted octanol–water partition coefficient (Wildman–Crippen LogP) is 3.19. The van der Waals surface area contributed by atoms with E-state index in [1.165, 1.54) is 37.9 Å². The first-order valence-corrected chi connectivity index (χ1v) is 8.75. The summed E-state index contributed by atoms with van der Waals surface area (Å²) in [6.45, 7) is 5.40. The van der Waals surface area contributed by atoms with Gasteiger partial charge in [-0.15, -0.1) is 0 Å². The first-order chi connectivity index (χ1) is 8.63. The van der Waals surface area contributed by atoms with Gasteiger partial charge in [-0.25, -0.2) is 0 Å². The summed E-state index contributed by atoms with van der Waals surface area (Å²) in [7, 11) is 0. The van der Waals surface area contributed by atoms with Crippen molar-refractivity contribution in [2.75, 3.05) is 12.3 Å². The molecule has 1 aliphatic carbocycles. The SMILES string of the molecule is CCC1CCC(O)(CNC2CCCSC2C)CC1. The van der Waals surface area contributed by atoms with E-state index in [1.54, 1.807) is 0 Å². The highest BCUT2D eigenvalue weighted by molar-refractivity contribution is 7.99. The molecule has 2 nitrogen and oxygen atoms in total. The number of thioether (sulfide) groups is 1. The summed E-state index contributed by atoms with van der Waals surface area (Å²) < 4.78 is 0. The summed E-state index contributed by atoms with van der Waals surface area (Å²) in [5.41, 5.74) is -0.423. The Labute approximate surface area is 116 Å². The maximum atomic E-state index is 10.6. The fourth-order valence-corrected chi connectivity index (χ4v) is 4.48. The van der Waals surface area contributed by atoms with E-state index in [0.717, 1.165) is 25.3 Å². The highest BCUT2D eigenvalue weighted by atomic mass is 32.2. The van der Waals surface area contributed by atoms with Crippen LogP contribution in [0, 0.1) is 5.92 Å². The molecule has 2 aliphatic rings. The average molecular weight is 271 g/mol. The second-order valence-corrected chi connectivity index (χ2v) is 7.77. The van der Waals surface area contributed by atoms with Gasteiger partial charge in [0.25, 0.3) is 0 Å². The van der Waals surface area contributed by atoms with Crippen LogP contribution in [0.1, 0.15) is 58.8 Å². The van der Waals surface area contributed by atoms with E-state index in [0.29, 0.717) is 11.3 Å². The summed E-state index contributed by atoms with van der Waals surface area (Å²) in [5, 5.41) is 15.0. The van der Waals surface area contributed by atoms with Gasteiger partial charge in [-0.05, 0) is 50.2 Å². The van der Waals surface area contributed by atoms with Crippen molar-refractivity contribution < 1.29 is 5.11 Å². The molecule has 0 bridgehead atoms. The molecular formula is C15H29NOS. The first kappa shape index (κ1) is 14.7. The molecule has 0 spiro atoms. The summed E-state index contributed by atoms with van der Waals surface area (Å²) in [6, 6.07) is 0.608. The quantitative estimate of drug-likeness (QED) is 0.823. The van der Waals surface area contributed by atoms with Crippen LogP contribution in [0.3, 0.4) is 0 Å². The van der Waals surface area contributed by atoms with Crippen LogP contribution in [-0.2, 0) is 0 Å². The van der Waals surface area contributed by atoms with Crippen LogP contribution in [0.4, 0.5) is 0 Å². The van der Waals surface area contributed by atoms with Crippen LogP contribution in [0.25, 0.3) is 0 Å². The number of aliphatic hydroxyl groups is 1. The van der Waals surface area contributed by atoms with Gasteiger partial charge < -0.3 is 10.4 Å². The Hall–Kier alpha value is 0.270. The number of hydrogen-bond donors (Lipinski definition) is 2. The van der Waals surface area contributed by atoms with Crippen LogP contribution in [-0.4, -0.2) is 34.3 Å². The Morgan fingerprint density at radius 3 is 2.61 bits per heavy atom. The minimum Gasteiger partial charge on any atom is -0.389 e. The Morgan fingerprint density at radius 2 is 2.00 bits per heavy atom. The molecule has 3 heteroatoms. The minimum atomic E-state index is -0.423. The van der Waals surface area contributed by atoms with Gasteiger partial charge in [0.05, 0.1) is 5.60 Å². The van der Waals surface area contributed by atoms with Crippen LogP contribution in [0.5, 0.6) is 0 Å². The zero-order valence-corrected chi connectivity index (χ0v) is 12.8. The summed E-state index contributed by atoms with van der Waals surface area (Å²) in [4.78, 5) is 0. The molecule has 2 rings (SSSR count). The van der Waals surface area contributed by atoms with Crippen LogP contribution >= 0.6 is 11.8 Å². The van der Waals surface area contributed by atoms with Gasteiger partial charge in [0.15, 0.2) is 0 Å². The van der Waals surface area contributed by atoms with Crippen molar-refractivity contribution in [2.45, 2.75) is 75.7 Å². The molecule has 2 unspecified atom stereocenters. The topological polar surface area (TPSA) is 32.3 Å². The van der Waals surface area contributed by atoms with Crippen molar-refractivity contribution in [1.29, 1.82) is 0 Å². The fraction of sp³-hybridized carbons (Fsp3) is 1.00. The maximum absolute atomic E-state index is 10.6. The highest BCUT2D eigenvalue weighted by Gasteiger charge is 2.33. The van der Waals surface area contributed by atoms with Gasteiger partial charge in [0.1, 0.15) is 0 Å². The van der Waals surface area contributed by atoms with Crippen molar-refractivity contribution in [1.82, 2.24) is 5.32 Å². The molecule has 1 saturated carbocycles. The number of rotatable bonds is 4. The lowest BCUT2D eigenvalue weighted by Gasteiger charge is -2.38. The van der Waals surface area contributed by atoms with E-state index in [2.05, 4.69) is 30.9 Å². The van der Waals surface area contributed by atoms with Crippen molar-refractivity contribution >= 4 is 11.8 Å². The number of nitrogens with one attached hydrogen (secondary N) is 1. The molecule has 0 aromatic carbocycles. The standard InChI is InChI=1S/C15H29NOS/c1-3-13-6-8-15(17,9-7-13)11-16-14-5-4-10-18-12(14)2/h12-14,16-17H,3-11H2,1-2H3. The van der Waals surface area contributed by atoms with E-state index in [1.807, 2.05) is 0 Å². The van der Waals surface area contributed by atoms with Crippen LogP contribution in [0.15, 0.2) is 0 Å². The molecule has 2 N–H and O–H groups in total. The van der Waals surface area contributed by atoms with E-state index in [4.69, 9.17) is 0 Å². The Kier molecular flexibility index (Phi) is 5.40. The largest absolute Gasteiger partial charge is 0.389 e. The fourth-order valence-electron chi connectivity index (χ4n) is 3.31. The zero-order chi connectivity index (χ0) is 13.0. The smallest absolute Gasteiger partial charge is 0.0771 e. The third kappa shape index (κ3) is 3.88. The van der Waals surface area contributed by atoms with E-state index < -0.39 is 5.60 Å². The molecule has 0 aromatic heterocycles. The molecule has 1 heterocycles. The first-order valence-electron chi connectivity index (χ1n) is 7.70. The van der Waals surface area contributed by atoms with E-state index in [9.17, 15) is 5.11 Å². The third-order valence-corrected chi connectivity index (χ3v) is 6.29. The molecule has 0 aromatic rings. The molecule has 2 fully saturated rings. The van der Waals surface area contributed by atoms with E-state index in [-0.39, 0.29) is 0 Å². The molecule has 0 amide bonds. The normalized spacial score (nSPS) is 41.8. The molecule has 1 aliphatic heterocycles. The average Bonchev–Trinajstić information content (AvgIpc) is 2.39. The second kappa shape index (κ2) is 6.62. The van der Waals surface area contributed by atoms with Crippen molar-refractivity contribution in [3.8, 4) is 0 Å². The Balaban J connectivity index is 1.75. The van der Waals surface area contributed by atoms with Crippen LogP contribution in [0.2, 0.25) is 0 Å². The van der Waals surface area contributed by atoms with Gasteiger partial charge in [0, 0.05) is 17.8 Å². The lowest BCUT2D eigenvalue weighted by atomic mass is 9.77. The molecule has 18 heavy (non-hydrogen) atoms. The third-order valence-electron chi connectivity index (χ3n) is 4.91. The predicted molar refractivity (Wildman–Crippen MR) is 80.1 cm³/mol. The van der Waals surface area contributed by atoms with Gasteiger partial charge in [0.2, 0.25) is 0 Å². The molecule has 1 saturated heterocycles. The number of hydrogen-bond acceptors (Lipinski definition) is 3. The van der Waals surface area contributed by atoms with Crippen LogP contribution < -0.4 is 5.32 Å².